The molecule has 0 bridgehead atoms. The van der Waals surface area contributed by atoms with E-state index in [9.17, 15) is 5.11 Å². The van der Waals surface area contributed by atoms with Crippen LogP contribution in [0.2, 0.25) is 23.7 Å². The SMILES string of the molecule is CC(C)(C)[Si](C)(C)[C@H]1C[C@]1(O)CCc1ccco1. The third-order valence-corrected chi connectivity index (χ3v) is 11.6. The summed E-state index contributed by atoms with van der Waals surface area (Å²) in [6.45, 7) is 11.8. The van der Waals surface area contributed by atoms with Gasteiger partial charge in [0.1, 0.15) is 5.76 Å². The van der Waals surface area contributed by atoms with Crippen molar-refractivity contribution in [2.45, 2.75) is 69.3 Å². The summed E-state index contributed by atoms with van der Waals surface area (Å²) in [5.41, 5.74) is 0.121. The van der Waals surface area contributed by atoms with Gasteiger partial charge in [0.05, 0.1) is 19.9 Å². The number of furan rings is 1. The Morgan fingerprint density at radius 1 is 1.44 bits per heavy atom. The number of aryl methyl sites for hydroxylation is 1. The van der Waals surface area contributed by atoms with Crippen LogP contribution in [0.25, 0.3) is 0 Å². The van der Waals surface area contributed by atoms with Crippen molar-refractivity contribution < 1.29 is 9.52 Å². The first-order chi connectivity index (χ1) is 8.17. The Kier molecular flexibility index (Phi) is 3.27. The van der Waals surface area contributed by atoms with E-state index in [0.717, 1.165) is 25.0 Å². The van der Waals surface area contributed by atoms with Crippen LogP contribution < -0.4 is 0 Å². The molecule has 102 valence electrons. The topological polar surface area (TPSA) is 33.4 Å². The van der Waals surface area contributed by atoms with Gasteiger partial charge in [-0.05, 0) is 35.6 Å². The molecule has 2 rings (SSSR count). The second kappa shape index (κ2) is 4.24. The normalized spacial score (nSPS) is 28.4. The summed E-state index contributed by atoms with van der Waals surface area (Å²) in [5, 5.41) is 11.0. The predicted octanol–water partition coefficient (Wildman–Crippen LogP) is 4.23. The molecule has 0 aromatic carbocycles. The van der Waals surface area contributed by atoms with Crippen LogP contribution in [0.5, 0.6) is 0 Å². The van der Waals surface area contributed by atoms with Crippen molar-refractivity contribution in [1.82, 2.24) is 0 Å². The summed E-state index contributed by atoms with van der Waals surface area (Å²) < 4.78 is 5.35. The van der Waals surface area contributed by atoms with Crippen molar-refractivity contribution in [3.8, 4) is 0 Å². The molecule has 0 unspecified atom stereocenters. The van der Waals surface area contributed by atoms with E-state index in [1.54, 1.807) is 6.26 Å². The molecule has 3 heteroatoms. The molecule has 1 aromatic rings. The summed E-state index contributed by atoms with van der Waals surface area (Å²) in [6.07, 6.45) is 4.40. The molecule has 0 aliphatic heterocycles. The van der Waals surface area contributed by atoms with E-state index in [4.69, 9.17) is 4.42 Å². The van der Waals surface area contributed by atoms with Crippen LogP contribution in [-0.2, 0) is 6.42 Å². The summed E-state index contributed by atoms with van der Waals surface area (Å²) in [4.78, 5) is 0. The third kappa shape index (κ3) is 2.43. The van der Waals surface area contributed by atoms with Crippen molar-refractivity contribution in [1.29, 1.82) is 0 Å². The number of rotatable bonds is 4. The average molecular weight is 266 g/mol. The largest absolute Gasteiger partial charge is 0.469 e. The Morgan fingerprint density at radius 3 is 2.61 bits per heavy atom. The molecule has 2 nitrogen and oxygen atoms in total. The molecule has 1 aliphatic carbocycles. The second-order valence-electron chi connectivity index (χ2n) is 7.41. The molecule has 1 aliphatic rings. The van der Waals surface area contributed by atoms with Gasteiger partial charge in [-0.25, -0.2) is 0 Å². The molecule has 1 aromatic heterocycles. The lowest BCUT2D eigenvalue weighted by atomic mass is 10.1. The third-order valence-electron chi connectivity index (χ3n) is 5.23. The standard InChI is InChI=1S/C15H26O2Si/c1-14(2,3)18(4,5)13-11-15(13,16)9-8-12-7-6-10-17-12/h6-7,10,13,16H,8-9,11H2,1-5H3/t13-,15+/m0/s1. The van der Waals surface area contributed by atoms with Crippen molar-refractivity contribution in [2.75, 3.05) is 0 Å². The van der Waals surface area contributed by atoms with Crippen LogP contribution in [0, 0.1) is 0 Å². The molecule has 0 spiro atoms. The summed E-state index contributed by atoms with van der Waals surface area (Å²) in [6, 6.07) is 3.91. The molecule has 1 fully saturated rings. The highest BCUT2D eigenvalue weighted by Crippen LogP contribution is 2.63. The lowest BCUT2D eigenvalue weighted by Crippen LogP contribution is -2.40. The number of aliphatic hydroxyl groups is 1. The number of hydrogen-bond donors (Lipinski definition) is 1. The smallest absolute Gasteiger partial charge is 0.103 e. The van der Waals surface area contributed by atoms with E-state index < -0.39 is 13.7 Å². The van der Waals surface area contributed by atoms with E-state index >= 15 is 0 Å². The van der Waals surface area contributed by atoms with Crippen LogP contribution in [0.15, 0.2) is 22.8 Å². The minimum absolute atomic E-state index is 0.354. The van der Waals surface area contributed by atoms with Gasteiger partial charge in [-0.2, -0.15) is 0 Å². The van der Waals surface area contributed by atoms with E-state index in [1.165, 1.54) is 0 Å². The highest BCUT2D eigenvalue weighted by Gasteiger charge is 2.62. The fourth-order valence-corrected chi connectivity index (χ4v) is 6.21. The average Bonchev–Trinajstić information content (AvgIpc) is 2.73. The molecule has 1 N–H and O–H groups in total. The lowest BCUT2D eigenvalue weighted by molar-refractivity contribution is 0.137. The van der Waals surface area contributed by atoms with Crippen LogP contribution >= 0.6 is 0 Å². The van der Waals surface area contributed by atoms with Crippen molar-refractivity contribution >= 4 is 8.07 Å². The molecule has 1 heterocycles. The molecule has 2 atom stereocenters. The maximum Gasteiger partial charge on any atom is 0.103 e. The summed E-state index contributed by atoms with van der Waals surface area (Å²) in [5.74, 6) is 0.990. The quantitative estimate of drug-likeness (QED) is 0.828. The lowest BCUT2D eigenvalue weighted by Gasteiger charge is -2.38. The first-order valence-corrected chi connectivity index (χ1v) is 9.99. The summed E-state index contributed by atoms with van der Waals surface area (Å²) >= 11 is 0. The Labute approximate surface area is 111 Å². The van der Waals surface area contributed by atoms with Gasteiger partial charge < -0.3 is 9.52 Å². The summed E-state index contributed by atoms with van der Waals surface area (Å²) in [7, 11) is -1.41. The fraction of sp³-hybridized carbons (Fsp3) is 0.733. The van der Waals surface area contributed by atoms with E-state index in [2.05, 4.69) is 33.9 Å². The van der Waals surface area contributed by atoms with Crippen molar-refractivity contribution in [2.24, 2.45) is 0 Å². The van der Waals surface area contributed by atoms with Crippen LogP contribution in [0.1, 0.15) is 39.4 Å². The van der Waals surface area contributed by atoms with Gasteiger partial charge in [0.15, 0.2) is 0 Å². The molecule has 0 saturated heterocycles. The van der Waals surface area contributed by atoms with Gasteiger partial charge in [0.2, 0.25) is 0 Å². The zero-order valence-corrected chi connectivity index (χ0v) is 13.3. The Balaban J connectivity index is 1.96. The Morgan fingerprint density at radius 2 is 2.11 bits per heavy atom. The maximum absolute atomic E-state index is 10.7. The highest BCUT2D eigenvalue weighted by atomic mass is 28.3. The van der Waals surface area contributed by atoms with Crippen molar-refractivity contribution in [3.63, 3.8) is 0 Å². The van der Waals surface area contributed by atoms with Crippen LogP contribution in [0.3, 0.4) is 0 Å². The minimum Gasteiger partial charge on any atom is -0.469 e. The van der Waals surface area contributed by atoms with Gasteiger partial charge >= 0.3 is 0 Å². The number of hydrogen-bond acceptors (Lipinski definition) is 2. The maximum atomic E-state index is 10.7. The monoisotopic (exact) mass is 266 g/mol. The first-order valence-electron chi connectivity index (χ1n) is 6.92. The Bertz CT molecular complexity index is 403. The molecule has 0 amide bonds. The predicted molar refractivity (Wildman–Crippen MR) is 77.5 cm³/mol. The van der Waals surface area contributed by atoms with Gasteiger partial charge in [0, 0.05) is 6.42 Å². The Hall–Kier alpha value is -0.543. The zero-order valence-electron chi connectivity index (χ0n) is 12.3. The minimum atomic E-state index is -1.41. The van der Waals surface area contributed by atoms with Gasteiger partial charge in [0.25, 0.3) is 0 Å². The molecule has 1 saturated carbocycles. The molecular weight excluding hydrogens is 240 g/mol. The van der Waals surface area contributed by atoms with E-state index in [-0.39, 0.29) is 0 Å². The fourth-order valence-electron chi connectivity index (χ4n) is 2.81. The van der Waals surface area contributed by atoms with E-state index in [1.807, 2.05) is 12.1 Å². The van der Waals surface area contributed by atoms with Gasteiger partial charge in [-0.15, -0.1) is 0 Å². The van der Waals surface area contributed by atoms with E-state index in [0.29, 0.717) is 10.6 Å². The molecule has 0 radical (unpaired) electrons. The van der Waals surface area contributed by atoms with Crippen LogP contribution in [-0.4, -0.2) is 18.8 Å². The zero-order chi connectivity index (χ0) is 13.6. The van der Waals surface area contributed by atoms with Gasteiger partial charge in [-0.3, -0.25) is 0 Å². The second-order valence-corrected chi connectivity index (χ2v) is 13.1. The first kappa shape index (κ1) is 13.9. The van der Waals surface area contributed by atoms with Crippen molar-refractivity contribution in [3.05, 3.63) is 24.2 Å². The van der Waals surface area contributed by atoms with Gasteiger partial charge in [-0.1, -0.05) is 33.9 Å². The highest BCUT2D eigenvalue weighted by molar-refractivity contribution is 6.82. The molecule has 18 heavy (non-hydrogen) atoms. The molecular formula is C15H26O2Si. The van der Waals surface area contributed by atoms with Crippen LogP contribution in [0.4, 0.5) is 0 Å².